The Labute approximate surface area is 101 Å². The molecule has 3 nitrogen and oxygen atoms in total. The van der Waals surface area contributed by atoms with E-state index in [0.717, 1.165) is 0 Å². The fourth-order valence-corrected chi connectivity index (χ4v) is 2.42. The zero-order valence-electron chi connectivity index (χ0n) is 9.75. The minimum Gasteiger partial charge on any atom is -0.387 e. The number of hydrogen-bond donors (Lipinski definition) is 1. The van der Waals surface area contributed by atoms with E-state index in [0.29, 0.717) is 19.0 Å². The van der Waals surface area contributed by atoms with Crippen LogP contribution in [-0.2, 0) is 4.79 Å². The average molecular weight is 231 g/mol. The zero-order chi connectivity index (χ0) is 12.3. The number of nitrogens with zero attached hydrogens (tertiary/aromatic N) is 1. The van der Waals surface area contributed by atoms with Crippen LogP contribution in [0.2, 0.25) is 0 Å². The first-order chi connectivity index (χ1) is 8.26. The topological polar surface area (TPSA) is 40.5 Å². The Hall–Kier alpha value is -1.61. The number of likely N-dealkylation sites (tertiary alicyclic amines) is 1. The summed E-state index contributed by atoms with van der Waals surface area (Å²) in [6.45, 7) is 4.75. The molecule has 1 heterocycles. The maximum atomic E-state index is 11.5. The monoisotopic (exact) mass is 231 g/mol. The molecular weight excluding hydrogens is 214 g/mol. The van der Waals surface area contributed by atoms with E-state index in [1.165, 1.54) is 5.56 Å². The van der Waals surface area contributed by atoms with Gasteiger partial charge in [0.2, 0.25) is 5.91 Å². The molecular formula is C14H17NO2. The van der Waals surface area contributed by atoms with Crippen LogP contribution in [0.3, 0.4) is 0 Å². The van der Waals surface area contributed by atoms with Gasteiger partial charge in [-0.25, -0.2) is 0 Å². The number of hydrogen-bond acceptors (Lipinski definition) is 2. The first-order valence-electron chi connectivity index (χ1n) is 5.82. The standard InChI is InChI=1S/C14H17NO2/c1-2-11-8-15(14(17)10-16)9-13(11)12-6-4-3-5-7-12/h2-7,11,13,16H,1,8-10H2/t11-,13-/m0/s1. The molecule has 0 bridgehead atoms. The van der Waals surface area contributed by atoms with Crippen LogP contribution in [0.4, 0.5) is 0 Å². The van der Waals surface area contributed by atoms with Crippen molar-refractivity contribution >= 4 is 5.91 Å². The summed E-state index contributed by atoms with van der Waals surface area (Å²) in [5.41, 5.74) is 1.23. The van der Waals surface area contributed by atoms with Gasteiger partial charge in [0, 0.05) is 24.9 Å². The van der Waals surface area contributed by atoms with Gasteiger partial charge >= 0.3 is 0 Å². The van der Waals surface area contributed by atoms with Crippen LogP contribution in [-0.4, -0.2) is 35.6 Å². The number of carbonyl (C=O) groups excluding carboxylic acids is 1. The number of benzene rings is 1. The normalized spacial score (nSPS) is 23.7. The van der Waals surface area contributed by atoms with E-state index >= 15 is 0 Å². The molecule has 1 saturated heterocycles. The molecule has 90 valence electrons. The summed E-state index contributed by atoms with van der Waals surface area (Å²) in [6, 6.07) is 10.2. The average Bonchev–Trinajstić information content (AvgIpc) is 2.83. The van der Waals surface area contributed by atoms with Crippen molar-refractivity contribution in [1.82, 2.24) is 4.90 Å². The van der Waals surface area contributed by atoms with Gasteiger partial charge in [0.25, 0.3) is 0 Å². The maximum Gasteiger partial charge on any atom is 0.248 e. The smallest absolute Gasteiger partial charge is 0.248 e. The van der Waals surface area contributed by atoms with Gasteiger partial charge < -0.3 is 10.0 Å². The molecule has 1 aromatic carbocycles. The van der Waals surface area contributed by atoms with Crippen molar-refractivity contribution in [2.24, 2.45) is 5.92 Å². The molecule has 1 N–H and O–H groups in total. The van der Waals surface area contributed by atoms with Gasteiger partial charge in [-0.2, -0.15) is 0 Å². The van der Waals surface area contributed by atoms with Crippen LogP contribution in [0.5, 0.6) is 0 Å². The van der Waals surface area contributed by atoms with E-state index in [4.69, 9.17) is 5.11 Å². The summed E-state index contributed by atoms with van der Waals surface area (Å²) in [7, 11) is 0. The van der Waals surface area contributed by atoms with E-state index in [-0.39, 0.29) is 11.8 Å². The molecule has 0 spiro atoms. The van der Waals surface area contributed by atoms with E-state index < -0.39 is 6.61 Å². The first-order valence-corrected chi connectivity index (χ1v) is 5.82. The summed E-state index contributed by atoms with van der Waals surface area (Å²) in [5.74, 6) is 0.368. The Bertz CT molecular complexity index is 402. The van der Waals surface area contributed by atoms with Gasteiger partial charge in [-0.15, -0.1) is 6.58 Å². The summed E-state index contributed by atoms with van der Waals surface area (Å²) in [6.07, 6.45) is 1.91. The van der Waals surface area contributed by atoms with Gasteiger partial charge in [-0.05, 0) is 5.56 Å². The van der Waals surface area contributed by atoms with Crippen LogP contribution < -0.4 is 0 Å². The van der Waals surface area contributed by atoms with Gasteiger partial charge in [0.1, 0.15) is 6.61 Å². The minimum atomic E-state index is -0.411. The number of amides is 1. The molecule has 2 rings (SSSR count). The van der Waals surface area contributed by atoms with E-state index in [2.05, 4.69) is 18.7 Å². The van der Waals surface area contributed by atoms with E-state index in [9.17, 15) is 4.79 Å². The highest BCUT2D eigenvalue weighted by Crippen LogP contribution is 2.33. The Morgan fingerprint density at radius 2 is 2.12 bits per heavy atom. The lowest BCUT2D eigenvalue weighted by atomic mass is 9.89. The third kappa shape index (κ3) is 2.39. The molecule has 1 aliphatic rings. The molecule has 0 aliphatic carbocycles. The van der Waals surface area contributed by atoms with Crippen LogP contribution in [0.1, 0.15) is 11.5 Å². The molecule has 0 aromatic heterocycles. The highest BCUT2D eigenvalue weighted by atomic mass is 16.3. The largest absolute Gasteiger partial charge is 0.387 e. The lowest BCUT2D eigenvalue weighted by Crippen LogP contribution is -2.31. The minimum absolute atomic E-state index is 0.199. The zero-order valence-corrected chi connectivity index (χ0v) is 9.75. The van der Waals surface area contributed by atoms with Gasteiger partial charge in [0.05, 0.1) is 0 Å². The third-order valence-electron chi connectivity index (χ3n) is 3.38. The molecule has 1 aliphatic heterocycles. The summed E-state index contributed by atoms with van der Waals surface area (Å²) in [4.78, 5) is 13.2. The molecule has 1 fully saturated rings. The molecule has 1 amide bonds. The number of aliphatic hydroxyl groups excluding tert-OH is 1. The Morgan fingerprint density at radius 1 is 1.41 bits per heavy atom. The predicted molar refractivity (Wildman–Crippen MR) is 66.5 cm³/mol. The van der Waals surface area contributed by atoms with Crippen molar-refractivity contribution in [3.05, 3.63) is 48.6 Å². The predicted octanol–water partition coefficient (Wildman–Crippen LogP) is 1.41. The van der Waals surface area contributed by atoms with Gasteiger partial charge in [-0.3, -0.25) is 4.79 Å². The second kappa shape index (κ2) is 5.15. The van der Waals surface area contributed by atoms with Crippen molar-refractivity contribution in [3.8, 4) is 0 Å². The Morgan fingerprint density at radius 3 is 2.71 bits per heavy atom. The van der Waals surface area contributed by atoms with Gasteiger partial charge in [-0.1, -0.05) is 36.4 Å². The molecule has 0 saturated carbocycles. The fraction of sp³-hybridized carbons (Fsp3) is 0.357. The lowest BCUT2D eigenvalue weighted by molar-refractivity contribution is -0.133. The SMILES string of the molecule is C=C[C@H]1CN(C(=O)CO)C[C@@H]1c1ccccc1. The summed E-state index contributed by atoms with van der Waals surface area (Å²) in [5, 5.41) is 8.89. The van der Waals surface area contributed by atoms with Crippen LogP contribution in [0.25, 0.3) is 0 Å². The van der Waals surface area contributed by atoms with Crippen LogP contribution in [0.15, 0.2) is 43.0 Å². The lowest BCUT2D eigenvalue weighted by Gasteiger charge is -2.15. The van der Waals surface area contributed by atoms with Crippen molar-refractivity contribution in [2.75, 3.05) is 19.7 Å². The molecule has 0 unspecified atom stereocenters. The van der Waals surface area contributed by atoms with E-state index in [1.54, 1.807) is 4.90 Å². The van der Waals surface area contributed by atoms with Crippen molar-refractivity contribution in [3.63, 3.8) is 0 Å². The second-order valence-electron chi connectivity index (χ2n) is 4.37. The number of carbonyl (C=O) groups is 1. The van der Waals surface area contributed by atoms with Crippen molar-refractivity contribution in [2.45, 2.75) is 5.92 Å². The highest BCUT2D eigenvalue weighted by molar-refractivity contribution is 5.77. The summed E-state index contributed by atoms with van der Waals surface area (Å²) < 4.78 is 0. The quantitative estimate of drug-likeness (QED) is 0.799. The Balaban J connectivity index is 2.18. The van der Waals surface area contributed by atoms with Crippen LogP contribution in [0, 0.1) is 5.92 Å². The highest BCUT2D eigenvalue weighted by Gasteiger charge is 2.33. The number of aliphatic hydroxyl groups is 1. The summed E-state index contributed by atoms with van der Waals surface area (Å²) >= 11 is 0. The molecule has 3 heteroatoms. The molecule has 0 radical (unpaired) electrons. The van der Waals surface area contributed by atoms with E-state index in [1.807, 2.05) is 24.3 Å². The maximum absolute atomic E-state index is 11.5. The third-order valence-corrected chi connectivity index (χ3v) is 3.38. The molecule has 2 atom stereocenters. The van der Waals surface area contributed by atoms with Crippen molar-refractivity contribution in [1.29, 1.82) is 0 Å². The molecule has 17 heavy (non-hydrogen) atoms. The first kappa shape index (κ1) is 11.9. The fourth-order valence-electron chi connectivity index (χ4n) is 2.42. The molecule has 1 aromatic rings. The van der Waals surface area contributed by atoms with Crippen molar-refractivity contribution < 1.29 is 9.90 Å². The van der Waals surface area contributed by atoms with Crippen LogP contribution >= 0.6 is 0 Å². The second-order valence-corrected chi connectivity index (χ2v) is 4.37. The Kier molecular flexibility index (Phi) is 3.59. The number of rotatable bonds is 3. The van der Waals surface area contributed by atoms with Gasteiger partial charge in [0.15, 0.2) is 0 Å².